The van der Waals surface area contributed by atoms with Gasteiger partial charge in [-0.1, -0.05) is 31.4 Å². The summed E-state index contributed by atoms with van der Waals surface area (Å²) < 4.78 is 2.93. The zero-order valence-corrected chi connectivity index (χ0v) is 12.0. The number of fused-ring (bicyclic) bond motifs is 1. The van der Waals surface area contributed by atoms with Crippen LogP contribution in [0.15, 0.2) is 33.9 Å². The van der Waals surface area contributed by atoms with Crippen LogP contribution >= 0.6 is 0 Å². The molecule has 0 atom stereocenters. The monoisotopic (exact) mass is 288 g/mol. The molecule has 3 rings (SSSR count). The van der Waals surface area contributed by atoms with Gasteiger partial charge < -0.3 is 5.11 Å². The molecule has 1 aliphatic carbocycles. The molecule has 2 aromatic rings. The zero-order chi connectivity index (χ0) is 14.8. The lowest BCUT2D eigenvalue weighted by atomic mass is 9.95. The van der Waals surface area contributed by atoms with E-state index in [1.807, 2.05) is 6.07 Å². The zero-order valence-electron chi connectivity index (χ0n) is 12.0. The number of aliphatic hydroxyl groups excluding tert-OH is 1. The summed E-state index contributed by atoms with van der Waals surface area (Å²) in [7, 11) is 0. The summed E-state index contributed by atoms with van der Waals surface area (Å²) in [6.07, 6.45) is 5.05. The largest absolute Gasteiger partial charge is 0.395 e. The molecular formula is C16H20N2O3. The number of benzene rings is 1. The van der Waals surface area contributed by atoms with E-state index in [-0.39, 0.29) is 30.4 Å². The Hall–Kier alpha value is -1.88. The van der Waals surface area contributed by atoms with Gasteiger partial charge in [-0.25, -0.2) is 4.79 Å². The van der Waals surface area contributed by atoms with Crippen LogP contribution in [0.1, 0.15) is 38.1 Å². The second-order valence-electron chi connectivity index (χ2n) is 5.64. The van der Waals surface area contributed by atoms with Crippen molar-refractivity contribution in [3.8, 4) is 0 Å². The third kappa shape index (κ3) is 2.42. The van der Waals surface area contributed by atoms with Crippen molar-refractivity contribution in [3.63, 3.8) is 0 Å². The SMILES string of the molecule is O=c1c2ccccc2n(CCO)c(=O)n1C1CCCCC1. The van der Waals surface area contributed by atoms with E-state index in [4.69, 9.17) is 0 Å². The lowest BCUT2D eigenvalue weighted by Gasteiger charge is -2.24. The molecule has 112 valence electrons. The Morgan fingerprint density at radius 2 is 1.81 bits per heavy atom. The lowest BCUT2D eigenvalue weighted by molar-refractivity contribution is 0.269. The number of rotatable bonds is 3. The molecule has 1 aromatic carbocycles. The molecule has 0 saturated heterocycles. The van der Waals surface area contributed by atoms with Crippen LogP contribution in [0.25, 0.3) is 10.9 Å². The van der Waals surface area contributed by atoms with Crippen molar-refractivity contribution in [1.82, 2.24) is 9.13 Å². The van der Waals surface area contributed by atoms with Gasteiger partial charge in [-0.15, -0.1) is 0 Å². The van der Waals surface area contributed by atoms with Gasteiger partial charge >= 0.3 is 5.69 Å². The summed E-state index contributed by atoms with van der Waals surface area (Å²) in [5.41, 5.74) is 0.116. The van der Waals surface area contributed by atoms with Crippen LogP contribution in [-0.2, 0) is 6.54 Å². The summed E-state index contributed by atoms with van der Waals surface area (Å²) in [5.74, 6) is 0. The van der Waals surface area contributed by atoms with E-state index in [1.54, 1.807) is 18.2 Å². The molecule has 0 radical (unpaired) electrons. The molecule has 0 bridgehead atoms. The number of nitrogens with zero attached hydrogens (tertiary/aromatic N) is 2. The number of hydrogen-bond acceptors (Lipinski definition) is 3. The summed E-state index contributed by atoms with van der Waals surface area (Å²) in [6, 6.07) is 7.12. The second-order valence-corrected chi connectivity index (χ2v) is 5.64. The van der Waals surface area contributed by atoms with Gasteiger partial charge in [-0.05, 0) is 25.0 Å². The maximum atomic E-state index is 12.7. The van der Waals surface area contributed by atoms with E-state index in [2.05, 4.69) is 0 Å². The normalized spacial score (nSPS) is 16.4. The third-order valence-electron chi connectivity index (χ3n) is 4.34. The van der Waals surface area contributed by atoms with Gasteiger partial charge in [0.15, 0.2) is 0 Å². The topological polar surface area (TPSA) is 64.2 Å². The van der Waals surface area contributed by atoms with Gasteiger partial charge in [0.05, 0.1) is 24.1 Å². The maximum Gasteiger partial charge on any atom is 0.331 e. The number of para-hydroxylation sites is 1. The Labute approximate surface area is 122 Å². The second kappa shape index (κ2) is 5.85. The molecule has 1 fully saturated rings. The molecular weight excluding hydrogens is 268 g/mol. The van der Waals surface area contributed by atoms with Crippen molar-refractivity contribution in [2.24, 2.45) is 0 Å². The van der Waals surface area contributed by atoms with E-state index in [0.717, 1.165) is 25.7 Å². The predicted molar refractivity (Wildman–Crippen MR) is 81.7 cm³/mol. The highest BCUT2D eigenvalue weighted by Gasteiger charge is 2.21. The molecule has 5 heteroatoms. The van der Waals surface area contributed by atoms with Gasteiger partial charge in [-0.2, -0.15) is 0 Å². The minimum absolute atomic E-state index is 0.00620. The first kappa shape index (κ1) is 14.1. The van der Waals surface area contributed by atoms with Crippen LogP contribution in [0, 0.1) is 0 Å². The Bertz CT molecular complexity index is 754. The Morgan fingerprint density at radius 3 is 2.52 bits per heavy atom. The summed E-state index contributed by atoms with van der Waals surface area (Å²) in [5, 5.41) is 9.78. The quantitative estimate of drug-likeness (QED) is 0.934. The maximum absolute atomic E-state index is 12.7. The fourth-order valence-electron chi connectivity index (χ4n) is 3.32. The fraction of sp³-hybridized carbons (Fsp3) is 0.500. The van der Waals surface area contributed by atoms with Crippen molar-refractivity contribution in [1.29, 1.82) is 0 Å². The highest BCUT2D eigenvalue weighted by atomic mass is 16.3. The minimum atomic E-state index is -0.292. The Kier molecular flexibility index (Phi) is 3.92. The molecule has 1 heterocycles. The first-order valence-electron chi connectivity index (χ1n) is 7.59. The van der Waals surface area contributed by atoms with Crippen LogP contribution in [0.5, 0.6) is 0 Å². The van der Waals surface area contributed by atoms with E-state index >= 15 is 0 Å². The highest BCUT2D eigenvalue weighted by Crippen LogP contribution is 2.26. The van der Waals surface area contributed by atoms with Crippen LogP contribution in [0.4, 0.5) is 0 Å². The molecule has 0 amide bonds. The average Bonchev–Trinajstić information content (AvgIpc) is 2.53. The van der Waals surface area contributed by atoms with Gasteiger partial charge in [-0.3, -0.25) is 13.9 Å². The molecule has 0 unspecified atom stereocenters. The number of aliphatic hydroxyl groups is 1. The van der Waals surface area contributed by atoms with E-state index in [1.165, 1.54) is 15.6 Å². The fourth-order valence-corrected chi connectivity index (χ4v) is 3.32. The minimum Gasteiger partial charge on any atom is -0.395 e. The van der Waals surface area contributed by atoms with Crippen molar-refractivity contribution >= 4 is 10.9 Å². The Balaban J connectivity index is 2.28. The van der Waals surface area contributed by atoms with Gasteiger partial charge in [0.1, 0.15) is 0 Å². The average molecular weight is 288 g/mol. The summed E-state index contributed by atoms with van der Waals surface area (Å²) >= 11 is 0. The van der Waals surface area contributed by atoms with E-state index in [9.17, 15) is 14.7 Å². The molecule has 0 aliphatic heterocycles. The first-order valence-corrected chi connectivity index (χ1v) is 7.59. The molecule has 21 heavy (non-hydrogen) atoms. The molecule has 1 saturated carbocycles. The third-order valence-corrected chi connectivity index (χ3v) is 4.34. The molecule has 1 N–H and O–H groups in total. The molecule has 5 nitrogen and oxygen atoms in total. The number of hydrogen-bond donors (Lipinski definition) is 1. The van der Waals surface area contributed by atoms with Crippen LogP contribution in [-0.4, -0.2) is 20.8 Å². The number of aromatic nitrogens is 2. The predicted octanol–water partition coefficient (Wildman–Crippen LogP) is 1.66. The van der Waals surface area contributed by atoms with Crippen molar-refractivity contribution in [2.75, 3.05) is 6.61 Å². The van der Waals surface area contributed by atoms with Gasteiger partial charge in [0, 0.05) is 6.04 Å². The van der Waals surface area contributed by atoms with Crippen molar-refractivity contribution in [3.05, 3.63) is 45.1 Å². The summed E-state index contributed by atoms with van der Waals surface area (Å²) in [4.78, 5) is 25.4. The molecule has 1 aromatic heterocycles. The first-order chi connectivity index (χ1) is 10.2. The Morgan fingerprint density at radius 1 is 1.10 bits per heavy atom. The van der Waals surface area contributed by atoms with E-state index in [0.29, 0.717) is 10.9 Å². The summed E-state index contributed by atoms with van der Waals surface area (Å²) in [6.45, 7) is 0.0963. The lowest BCUT2D eigenvalue weighted by Crippen LogP contribution is -2.43. The van der Waals surface area contributed by atoms with Crippen LogP contribution in [0.2, 0.25) is 0 Å². The van der Waals surface area contributed by atoms with Gasteiger partial charge in [0.25, 0.3) is 5.56 Å². The van der Waals surface area contributed by atoms with Crippen molar-refractivity contribution < 1.29 is 5.11 Å². The van der Waals surface area contributed by atoms with Crippen LogP contribution < -0.4 is 11.2 Å². The highest BCUT2D eigenvalue weighted by molar-refractivity contribution is 5.77. The molecule has 1 aliphatic rings. The smallest absolute Gasteiger partial charge is 0.331 e. The van der Waals surface area contributed by atoms with Crippen molar-refractivity contribution in [2.45, 2.75) is 44.7 Å². The van der Waals surface area contributed by atoms with E-state index < -0.39 is 0 Å². The molecule has 0 spiro atoms. The van der Waals surface area contributed by atoms with Crippen LogP contribution in [0.3, 0.4) is 0 Å². The van der Waals surface area contributed by atoms with Gasteiger partial charge in [0.2, 0.25) is 0 Å². The standard InChI is InChI=1S/C16H20N2O3/c19-11-10-17-14-9-5-4-8-13(14)15(20)18(16(17)21)12-6-2-1-3-7-12/h4-5,8-9,12,19H,1-3,6-7,10-11H2.